The lowest BCUT2D eigenvalue weighted by Crippen LogP contribution is -2.62. The predicted molar refractivity (Wildman–Crippen MR) is 104 cm³/mol. The van der Waals surface area contributed by atoms with Crippen LogP contribution in [0, 0.1) is 23.2 Å². The van der Waals surface area contributed by atoms with Gasteiger partial charge in [0.25, 0.3) is 0 Å². The average Bonchev–Trinajstić information content (AvgIpc) is 2.59. The Hall–Kier alpha value is -0.200. The molecule has 1 heterocycles. The van der Waals surface area contributed by atoms with Crippen molar-refractivity contribution in [2.45, 2.75) is 88.6 Å². The molecule has 4 aliphatic carbocycles. The van der Waals surface area contributed by atoms with Crippen LogP contribution in [0.5, 0.6) is 0 Å². The van der Waals surface area contributed by atoms with Gasteiger partial charge in [-0.3, -0.25) is 4.90 Å². The third-order valence-corrected chi connectivity index (χ3v) is 8.17. The Bertz CT molecular complexity index is 463. The third-order valence-electron chi connectivity index (χ3n) is 8.17. The largest absolute Gasteiger partial charge is 0.395 e. The fourth-order valence-electron chi connectivity index (χ4n) is 7.29. The minimum absolute atomic E-state index is 0.116. The number of aliphatic hydroxyl groups is 3. The van der Waals surface area contributed by atoms with Crippen molar-refractivity contribution in [2.24, 2.45) is 23.2 Å². The van der Waals surface area contributed by atoms with Crippen LogP contribution in [0.15, 0.2) is 0 Å². The maximum atomic E-state index is 10.4. The molecule has 0 unspecified atom stereocenters. The van der Waals surface area contributed by atoms with Gasteiger partial charge in [0.1, 0.15) is 12.2 Å². The number of aliphatic hydroxyl groups excluding tert-OH is 3. The van der Waals surface area contributed by atoms with E-state index in [-0.39, 0.29) is 12.6 Å². The lowest BCUT2D eigenvalue weighted by Gasteiger charge is -2.57. The number of unbranched alkanes of at least 4 members (excludes halogenated alkanes) is 2. The number of β-amino-alcohol motifs (C(OH)–C–C–N with tert-alkyl or cyclic N) is 1. The van der Waals surface area contributed by atoms with Crippen molar-refractivity contribution in [1.82, 2.24) is 4.90 Å². The highest BCUT2D eigenvalue weighted by atomic mass is 16.5. The number of piperidine rings is 1. The van der Waals surface area contributed by atoms with Crippen molar-refractivity contribution in [2.75, 3.05) is 26.8 Å². The van der Waals surface area contributed by atoms with E-state index < -0.39 is 18.3 Å². The summed E-state index contributed by atoms with van der Waals surface area (Å²) in [4.78, 5) is 1.81. The van der Waals surface area contributed by atoms with E-state index in [0.29, 0.717) is 18.6 Å². The van der Waals surface area contributed by atoms with Crippen molar-refractivity contribution < 1.29 is 20.1 Å². The first-order chi connectivity index (χ1) is 13.0. The zero-order chi connectivity index (χ0) is 19.0. The summed E-state index contributed by atoms with van der Waals surface area (Å²) in [7, 11) is 1.81. The third kappa shape index (κ3) is 4.23. The molecule has 4 saturated carbocycles. The number of ether oxygens (including phenoxy) is 1. The average molecular weight is 382 g/mol. The second-order valence-electron chi connectivity index (χ2n) is 10.3. The van der Waals surface area contributed by atoms with Crippen LogP contribution in [0.4, 0.5) is 0 Å². The van der Waals surface area contributed by atoms with Crippen LogP contribution < -0.4 is 0 Å². The van der Waals surface area contributed by atoms with E-state index in [0.717, 1.165) is 24.2 Å². The summed E-state index contributed by atoms with van der Waals surface area (Å²) in [6.07, 6.45) is 11.7. The predicted octanol–water partition coefficient (Wildman–Crippen LogP) is 2.18. The summed E-state index contributed by atoms with van der Waals surface area (Å²) in [5.74, 6) is 3.10. The Morgan fingerprint density at radius 1 is 0.963 bits per heavy atom. The molecule has 5 nitrogen and oxygen atoms in total. The van der Waals surface area contributed by atoms with E-state index in [2.05, 4.69) is 0 Å². The summed E-state index contributed by atoms with van der Waals surface area (Å²) in [6.45, 7) is 0.899. The molecule has 4 atom stereocenters. The van der Waals surface area contributed by atoms with Crippen molar-refractivity contribution in [1.29, 1.82) is 0 Å². The number of hydrogen-bond acceptors (Lipinski definition) is 5. The van der Waals surface area contributed by atoms with E-state index in [1.807, 2.05) is 7.05 Å². The highest BCUT2D eigenvalue weighted by molar-refractivity contribution is 5.01. The summed E-state index contributed by atoms with van der Waals surface area (Å²) >= 11 is 0. The quantitative estimate of drug-likeness (QED) is 0.562. The SMILES string of the molecule is CN1C[C@H](O)[C@@H](OCCCCCC23CC4CC(CC(C4)C2)C3)[C@H](O)[C@H]1CO. The topological polar surface area (TPSA) is 73.2 Å². The molecule has 0 radical (unpaired) electrons. The van der Waals surface area contributed by atoms with Gasteiger partial charge < -0.3 is 20.1 Å². The Kier molecular flexibility index (Phi) is 6.15. The molecular formula is C22H39NO4. The zero-order valence-electron chi connectivity index (χ0n) is 16.9. The van der Waals surface area contributed by atoms with E-state index in [1.165, 1.54) is 57.8 Å². The van der Waals surface area contributed by atoms with Gasteiger partial charge in [0.15, 0.2) is 0 Å². The molecule has 5 aliphatic rings. The fourth-order valence-corrected chi connectivity index (χ4v) is 7.29. The van der Waals surface area contributed by atoms with Gasteiger partial charge in [-0.15, -0.1) is 0 Å². The van der Waals surface area contributed by atoms with Gasteiger partial charge in [-0.1, -0.05) is 12.8 Å². The first-order valence-electron chi connectivity index (χ1n) is 11.3. The van der Waals surface area contributed by atoms with Crippen molar-refractivity contribution in [3.8, 4) is 0 Å². The molecule has 3 N–H and O–H groups in total. The molecule has 27 heavy (non-hydrogen) atoms. The highest BCUT2D eigenvalue weighted by Gasteiger charge is 2.50. The lowest BCUT2D eigenvalue weighted by atomic mass is 9.48. The molecule has 5 rings (SSSR count). The first kappa shape index (κ1) is 20.1. The number of likely N-dealkylation sites (N-methyl/N-ethyl adjacent to an activating group) is 1. The van der Waals surface area contributed by atoms with Crippen LogP contribution in [0.2, 0.25) is 0 Å². The minimum atomic E-state index is -0.837. The number of hydrogen-bond donors (Lipinski definition) is 3. The lowest BCUT2D eigenvalue weighted by molar-refractivity contribution is -0.163. The van der Waals surface area contributed by atoms with Crippen LogP contribution in [0.3, 0.4) is 0 Å². The van der Waals surface area contributed by atoms with Crippen LogP contribution in [-0.4, -0.2) is 71.4 Å². The smallest absolute Gasteiger partial charge is 0.112 e. The molecule has 0 amide bonds. The Labute approximate surface area is 164 Å². The molecular weight excluding hydrogens is 342 g/mol. The fraction of sp³-hybridized carbons (Fsp3) is 1.00. The minimum Gasteiger partial charge on any atom is -0.395 e. The van der Waals surface area contributed by atoms with Crippen LogP contribution >= 0.6 is 0 Å². The molecule has 0 spiro atoms. The summed E-state index contributed by atoms with van der Waals surface area (Å²) in [6, 6.07) is -0.352. The van der Waals surface area contributed by atoms with Gasteiger partial charge in [-0.05, 0) is 81.6 Å². The molecule has 1 aliphatic heterocycles. The number of likely N-dealkylation sites (tertiary alicyclic amines) is 1. The second-order valence-corrected chi connectivity index (χ2v) is 10.3. The summed E-state index contributed by atoms with van der Waals surface area (Å²) < 4.78 is 5.85. The van der Waals surface area contributed by atoms with E-state index in [4.69, 9.17) is 4.74 Å². The standard InChI is InChI=1S/C22H39NO4/c1-23-13-19(25)21(20(26)18(23)14-24)27-6-4-2-3-5-22-10-15-7-16(11-22)9-17(8-15)12-22/h15-21,24-26H,2-14H2,1H3/t15?,16?,17?,18-,19+,20-,21-,22?/m1/s1. The van der Waals surface area contributed by atoms with Gasteiger partial charge in [-0.25, -0.2) is 0 Å². The maximum Gasteiger partial charge on any atom is 0.112 e. The zero-order valence-corrected chi connectivity index (χ0v) is 16.9. The van der Waals surface area contributed by atoms with Crippen molar-refractivity contribution in [3.05, 3.63) is 0 Å². The van der Waals surface area contributed by atoms with Crippen molar-refractivity contribution >= 4 is 0 Å². The summed E-state index contributed by atoms with van der Waals surface area (Å²) in [5.41, 5.74) is 0.671. The molecule has 0 aromatic heterocycles. The monoisotopic (exact) mass is 381 g/mol. The normalized spacial score (nSPS) is 46.9. The maximum absolute atomic E-state index is 10.4. The van der Waals surface area contributed by atoms with Crippen LogP contribution in [0.25, 0.3) is 0 Å². The van der Waals surface area contributed by atoms with Gasteiger partial charge in [-0.2, -0.15) is 0 Å². The molecule has 0 aromatic carbocycles. The summed E-state index contributed by atoms with van der Waals surface area (Å²) in [5, 5.41) is 30.1. The van der Waals surface area contributed by atoms with Gasteiger partial charge in [0, 0.05) is 13.2 Å². The van der Waals surface area contributed by atoms with Gasteiger partial charge in [0.2, 0.25) is 0 Å². The molecule has 156 valence electrons. The Balaban J connectivity index is 1.16. The van der Waals surface area contributed by atoms with Gasteiger partial charge in [0.05, 0.1) is 18.8 Å². The molecule has 1 saturated heterocycles. The van der Waals surface area contributed by atoms with E-state index in [1.54, 1.807) is 4.90 Å². The van der Waals surface area contributed by atoms with Gasteiger partial charge >= 0.3 is 0 Å². The molecule has 5 heteroatoms. The molecule has 5 fully saturated rings. The Morgan fingerprint density at radius 3 is 2.19 bits per heavy atom. The number of rotatable bonds is 8. The molecule has 4 bridgehead atoms. The second kappa shape index (κ2) is 8.27. The van der Waals surface area contributed by atoms with Crippen LogP contribution in [0.1, 0.15) is 64.2 Å². The Morgan fingerprint density at radius 2 is 1.59 bits per heavy atom. The van der Waals surface area contributed by atoms with E-state index >= 15 is 0 Å². The van der Waals surface area contributed by atoms with Crippen molar-refractivity contribution in [3.63, 3.8) is 0 Å². The highest BCUT2D eigenvalue weighted by Crippen LogP contribution is 2.61. The van der Waals surface area contributed by atoms with E-state index in [9.17, 15) is 15.3 Å². The first-order valence-corrected chi connectivity index (χ1v) is 11.3. The van der Waals surface area contributed by atoms with Crippen LogP contribution in [-0.2, 0) is 4.74 Å². The number of nitrogens with zero attached hydrogens (tertiary/aromatic N) is 1. The molecule has 0 aromatic rings.